The van der Waals surface area contributed by atoms with Crippen LogP contribution in [0.1, 0.15) is 5.56 Å². The Labute approximate surface area is 175 Å². The van der Waals surface area contributed by atoms with Gasteiger partial charge in [-0.15, -0.1) is 0 Å². The number of nitrogens with zero attached hydrogens (tertiary/aromatic N) is 1. The van der Waals surface area contributed by atoms with Crippen LogP contribution < -0.4 is 20.1 Å². The molecule has 1 saturated heterocycles. The summed E-state index contributed by atoms with van der Waals surface area (Å²) in [6.07, 6.45) is 1.53. The Morgan fingerprint density at radius 1 is 1.21 bits per heavy atom. The van der Waals surface area contributed by atoms with Crippen LogP contribution in [0.3, 0.4) is 0 Å². The SMILES string of the molecule is COc1cc(/C=C2/NC(=O)N(C)C2=O)c(Br)cc1OCC(=O)Nc1ccccc1. The summed E-state index contributed by atoms with van der Waals surface area (Å²) in [5, 5.41) is 5.23. The molecule has 8 nitrogen and oxygen atoms in total. The van der Waals surface area contributed by atoms with Crippen LogP contribution >= 0.6 is 15.9 Å². The molecule has 4 amide bonds. The van der Waals surface area contributed by atoms with Crippen LogP contribution in [0.2, 0.25) is 0 Å². The Kier molecular flexibility index (Phi) is 6.18. The number of anilines is 1. The highest BCUT2D eigenvalue weighted by atomic mass is 79.9. The lowest BCUT2D eigenvalue weighted by molar-refractivity contribution is -0.122. The number of benzene rings is 2. The molecule has 0 aliphatic carbocycles. The van der Waals surface area contributed by atoms with E-state index in [2.05, 4.69) is 26.6 Å². The number of para-hydroxylation sites is 1. The van der Waals surface area contributed by atoms with Crippen molar-refractivity contribution in [1.29, 1.82) is 0 Å². The Bertz CT molecular complexity index is 991. The molecule has 0 unspecified atom stereocenters. The third kappa shape index (κ3) is 4.75. The fourth-order valence-corrected chi connectivity index (χ4v) is 3.01. The number of methoxy groups -OCH3 is 1. The smallest absolute Gasteiger partial charge is 0.328 e. The highest BCUT2D eigenvalue weighted by Crippen LogP contribution is 2.35. The van der Waals surface area contributed by atoms with Gasteiger partial charge in [0.25, 0.3) is 11.8 Å². The lowest BCUT2D eigenvalue weighted by Gasteiger charge is -2.13. The van der Waals surface area contributed by atoms with Crippen molar-refractivity contribution in [2.75, 3.05) is 26.1 Å². The summed E-state index contributed by atoms with van der Waals surface area (Å²) in [6, 6.07) is 11.8. The fraction of sp³-hybridized carbons (Fsp3) is 0.150. The van der Waals surface area contributed by atoms with Gasteiger partial charge in [0, 0.05) is 17.2 Å². The Hall–Kier alpha value is -3.33. The van der Waals surface area contributed by atoms with Crippen molar-refractivity contribution in [2.45, 2.75) is 0 Å². The van der Waals surface area contributed by atoms with E-state index in [4.69, 9.17) is 9.47 Å². The molecule has 1 aliphatic heterocycles. The average molecular weight is 460 g/mol. The van der Waals surface area contributed by atoms with Crippen molar-refractivity contribution < 1.29 is 23.9 Å². The molecule has 0 bridgehead atoms. The molecular weight excluding hydrogens is 442 g/mol. The van der Waals surface area contributed by atoms with Gasteiger partial charge >= 0.3 is 6.03 Å². The number of imide groups is 1. The lowest BCUT2D eigenvalue weighted by Crippen LogP contribution is -2.25. The molecule has 0 aromatic heterocycles. The molecule has 3 rings (SSSR count). The zero-order chi connectivity index (χ0) is 21.0. The normalized spacial score (nSPS) is 14.7. The topological polar surface area (TPSA) is 97.0 Å². The van der Waals surface area contributed by atoms with E-state index in [0.717, 1.165) is 4.90 Å². The summed E-state index contributed by atoms with van der Waals surface area (Å²) in [5.74, 6) is -0.0250. The van der Waals surface area contributed by atoms with E-state index in [-0.39, 0.29) is 18.2 Å². The maximum Gasteiger partial charge on any atom is 0.328 e. The molecule has 0 radical (unpaired) electrons. The first-order chi connectivity index (χ1) is 13.9. The molecule has 1 aliphatic rings. The van der Waals surface area contributed by atoms with Gasteiger partial charge in [0.05, 0.1) is 7.11 Å². The van der Waals surface area contributed by atoms with Gasteiger partial charge in [-0.25, -0.2) is 4.79 Å². The Balaban J connectivity index is 1.74. The molecule has 29 heavy (non-hydrogen) atoms. The minimum Gasteiger partial charge on any atom is -0.493 e. The summed E-state index contributed by atoms with van der Waals surface area (Å²) in [6.45, 7) is -0.211. The number of halogens is 1. The number of hydrogen-bond acceptors (Lipinski definition) is 5. The summed E-state index contributed by atoms with van der Waals surface area (Å²) < 4.78 is 11.5. The maximum atomic E-state index is 12.1. The molecule has 0 saturated carbocycles. The third-order valence-corrected chi connectivity index (χ3v) is 4.77. The zero-order valence-electron chi connectivity index (χ0n) is 15.7. The van der Waals surface area contributed by atoms with E-state index in [1.165, 1.54) is 20.2 Å². The van der Waals surface area contributed by atoms with Crippen molar-refractivity contribution >= 4 is 45.5 Å². The van der Waals surface area contributed by atoms with E-state index in [1.807, 2.05) is 18.2 Å². The van der Waals surface area contributed by atoms with Crippen LogP contribution in [-0.2, 0) is 9.59 Å². The van der Waals surface area contributed by atoms with E-state index < -0.39 is 11.9 Å². The number of nitrogens with one attached hydrogen (secondary N) is 2. The van der Waals surface area contributed by atoms with Gasteiger partial charge in [0.1, 0.15) is 5.70 Å². The highest BCUT2D eigenvalue weighted by Gasteiger charge is 2.30. The summed E-state index contributed by atoms with van der Waals surface area (Å²) in [5.41, 5.74) is 1.42. The van der Waals surface area contributed by atoms with Gasteiger partial charge in [-0.3, -0.25) is 14.5 Å². The molecule has 1 heterocycles. The lowest BCUT2D eigenvalue weighted by atomic mass is 10.1. The van der Waals surface area contributed by atoms with Crippen molar-refractivity contribution in [2.24, 2.45) is 0 Å². The minimum atomic E-state index is -0.492. The number of urea groups is 1. The molecule has 0 atom stereocenters. The molecule has 9 heteroatoms. The first-order valence-corrected chi connectivity index (χ1v) is 9.34. The van der Waals surface area contributed by atoms with Gasteiger partial charge in [0.2, 0.25) is 0 Å². The third-order valence-electron chi connectivity index (χ3n) is 4.08. The second kappa shape index (κ2) is 8.78. The van der Waals surface area contributed by atoms with Crippen LogP contribution in [0.4, 0.5) is 10.5 Å². The summed E-state index contributed by atoms with van der Waals surface area (Å²) >= 11 is 3.41. The maximum absolute atomic E-state index is 12.1. The number of carbonyl (C=O) groups is 3. The predicted octanol–water partition coefficient (Wildman–Crippen LogP) is 3.00. The first kappa shape index (κ1) is 20.4. The second-order valence-electron chi connectivity index (χ2n) is 6.08. The summed E-state index contributed by atoms with van der Waals surface area (Å²) in [4.78, 5) is 36.7. The number of rotatable bonds is 6. The quantitative estimate of drug-likeness (QED) is 0.511. The standard InChI is InChI=1S/C20H18BrN3O5/c1-24-19(26)15(23-20(24)27)8-12-9-16(28-2)17(10-14(12)21)29-11-18(25)22-13-6-4-3-5-7-13/h3-10H,11H2,1-2H3,(H,22,25)(H,23,27)/b15-8+. The van der Waals surface area contributed by atoms with Crippen molar-refractivity contribution in [3.8, 4) is 11.5 Å². The second-order valence-corrected chi connectivity index (χ2v) is 6.93. The molecular formula is C20H18BrN3O5. The van der Waals surface area contributed by atoms with Crippen LogP contribution in [0, 0.1) is 0 Å². The van der Waals surface area contributed by atoms with Crippen LogP contribution in [-0.4, -0.2) is 43.5 Å². The van der Waals surface area contributed by atoms with Gasteiger partial charge < -0.3 is 20.1 Å². The number of likely N-dealkylation sites (N-methyl/N-ethyl adjacent to an activating group) is 1. The number of amides is 4. The van der Waals surface area contributed by atoms with E-state index >= 15 is 0 Å². The Morgan fingerprint density at radius 3 is 2.55 bits per heavy atom. The molecule has 0 spiro atoms. The van der Waals surface area contributed by atoms with Gasteiger partial charge in [0.15, 0.2) is 18.1 Å². The van der Waals surface area contributed by atoms with E-state index in [9.17, 15) is 14.4 Å². The molecule has 2 N–H and O–H groups in total. The number of carbonyl (C=O) groups excluding carboxylic acids is 3. The summed E-state index contributed by atoms with van der Waals surface area (Å²) in [7, 11) is 2.86. The van der Waals surface area contributed by atoms with Crippen LogP contribution in [0.5, 0.6) is 11.5 Å². The highest BCUT2D eigenvalue weighted by molar-refractivity contribution is 9.10. The van der Waals surface area contributed by atoms with E-state index in [0.29, 0.717) is 27.2 Å². The number of ether oxygens (including phenoxy) is 2. The minimum absolute atomic E-state index is 0.149. The van der Waals surface area contributed by atoms with Crippen molar-refractivity contribution in [3.05, 3.63) is 58.2 Å². The largest absolute Gasteiger partial charge is 0.493 e. The Morgan fingerprint density at radius 2 is 1.93 bits per heavy atom. The van der Waals surface area contributed by atoms with Crippen LogP contribution in [0.25, 0.3) is 6.08 Å². The van der Waals surface area contributed by atoms with Gasteiger partial charge in [-0.1, -0.05) is 34.1 Å². The average Bonchev–Trinajstić information content (AvgIpc) is 2.95. The van der Waals surface area contributed by atoms with Gasteiger partial charge in [-0.2, -0.15) is 0 Å². The molecule has 1 fully saturated rings. The monoisotopic (exact) mass is 459 g/mol. The van der Waals surface area contributed by atoms with Crippen molar-refractivity contribution in [3.63, 3.8) is 0 Å². The first-order valence-electron chi connectivity index (χ1n) is 8.55. The fourth-order valence-electron chi connectivity index (χ4n) is 2.57. The molecule has 2 aromatic carbocycles. The molecule has 2 aromatic rings. The van der Waals surface area contributed by atoms with Crippen LogP contribution in [0.15, 0.2) is 52.6 Å². The predicted molar refractivity (Wildman–Crippen MR) is 111 cm³/mol. The molecule has 150 valence electrons. The van der Waals surface area contributed by atoms with Gasteiger partial charge in [-0.05, 0) is 35.9 Å². The number of hydrogen-bond donors (Lipinski definition) is 2. The van der Waals surface area contributed by atoms with E-state index in [1.54, 1.807) is 24.3 Å². The van der Waals surface area contributed by atoms with Crippen molar-refractivity contribution in [1.82, 2.24) is 10.2 Å². The zero-order valence-corrected chi connectivity index (χ0v) is 17.3.